The molecule has 0 bridgehead atoms. The van der Waals surface area contributed by atoms with Crippen molar-refractivity contribution in [1.29, 1.82) is 0 Å². The number of hydrogen-bond donors (Lipinski definition) is 2. The summed E-state index contributed by atoms with van der Waals surface area (Å²) in [7, 11) is 0. The molecule has 1 aromatic carbocycles. The zero-order valence-electron chi connectivity index (χ0n) is 14.3. The minimum atomic E-state index is 0.123. The van der Waals surface area contributed by atoms with E-state index >= 15 is 0 Å². The number of anilines is 1. The fourth-order valence-electron chi connectivity index (χ4n) is 2.87. The molecule has 3 rings (SSSR count). The summed E-state index contributed by atoms with van der Waals surface area (Å²) in [4.78, 5) is 9.16. The molecule has 2 aromatic rings. The minimum Gasteiger partial charge on any atom is -0.375 e. The van der Waals surface area contributed by atoms with Gasteiger partial charge < -0.3 is 10.6 Å². The van der Waals surface area contributed by atoms with Crippen molar-refractivity contribution >= 4 is 40.8 Å². The second-order valence-corrected chi connectivity index (χ2v) is 6.87. The van der Waals surface area contributed by atoms with Gasteiger partial charge in [-0.05, 0) is 42.5 Å². The van der Waals surface area contributed by atoms with Crippen molar-refractivity contribution in [3.05, 3.63) is 58.9 Å². The number of thiocarbonyl (C=S) groups is 1. The molecule has 26 heavy (non-hydrogen) atoms. The maximum absolute atomic E-state index is 6.37. The van der Waals surface area contributed by atoms with Crippen LogP contribution >= 0.6 is 23.8 Å². The standard InChI is InChI=1S/C18H21ClN6S/c19-17-11-16(5-4-14(17)12-22-23-18(20)26)25-9-7-24(8-10-25)13-15-3-1-2-6-21-15/h1-6,11-12H,7-10,13H2,(H3,20,23,26)/b22-12+. The first-order chi connectivity index (χ1) is 12.6. The van der Waals surface area contributed by atoms with Gasteiger partial charge in [0.25, 0.3) is 0 Å². The summed E-state index contributed by atoms with van der Waals surface area (Å²) in [6, 6.07) is 12.0. The number of nitrogens with one attached hydrogen (secondary N) is 1. The lowest BCUT2D eigenvalue weighted by Gasteiger charge is -2.36. The van der Waals surface area contributed by atoms with Crippen LogP contribution in [0.15, 0.2) is 47.7 Å². The third-order valence-corrected chi connectivity index (χ3v) is 4.63. The number of hydrogen-bond acceptors (Lipinski definition) is 5. The number of pyridine rings is 1. The van der Waals surface area contributed by atoms with E-state index in [1.165, 1.54) is 0 Å². The predicted molar refractivity (Wildman–Crippen MR) is 111 cm³/mol. The Kier molecular flexibility index (Phi) is 6.38. The van der Waals surface area contributed by atoms with Gasteiger partial charge in [0, 0.05) is 50.2 Å². The molecule has 1 saturated heterocycles. The third kappa shape index (κ3) is 5.14. The van der Waals surface area contributed by atoms with Gasteiger partial charge in [0.05, 0.1) is 16.9 Å². The zero-order valence-corrected chi connectivity index (χ0v) is 15.9. The van der Waals surface area contributed by atoms with E-state index in [1.54, 1.807) is 6.21 Å². The Hall–Kier alpha value is -2.22. The molecule has 3 N–H and O–H groups in total. The van der Waals surface area contributed by atoms with Crippen molar-refractivity contribution in [1.82, 2.24) is 15.3 Å². The molecule has 0 atom stereocenters. The Morgan fingerprint density at radius 3 is 2.73 bits per heavy atom. The summed E-state index contributed by atoms with van der Waals surface area (Å²) in [5.41, 5.74) is 10.9. The van der Waals surface area contributed by atoms with E-state index in [-0.39, 0.29) is 5.11 Å². The highest BCUT2D eigenvalue weighted by Crippen LogP contribution is 2.24. The van der Waals surface area contributed by atoms with E-state index in [1.807, 2.05) is 30.5 Å². The molecule has 1 aliphatic rings. The SMILES string of the molecule is NC(=S)N/N=C/c1ccc(N2CCN(Cc3ccccn3)CC2)cc1Cl. The Balaban J connectivity index is 1.56. The van der Waals surface area contributed by atoms with Gasteiger partial charge in [0.1, 0.15) is 0 Å². The van der Waals surface area contributed by atoms with Crippen LogP contribution in [-0.2, 0) is 6.54 Å². The molecule has 8 heteroatoms. The van der Waals surface area contributed by atoms with Crippen molar-refractivity contribution < 1.29 is 0 Å². The Labute approximate surface area is 163 Å². The smallest absolute Gasteiger partial charge is 0.184 e. The molecule has 0 radical (unpaired) electrons. The van der Waals surface area contributed by atoms with Gasteiger partial charge in [-0.1, -0.05) is 17.7 Å². The van der Waals surface area contributed by atoms with E-state index in [4.69, 9.17) is 29.6 Å². The third-order valence-electron chi connectivity index (χ3n) is 4.21. The number of nitrogens with zero attached hydrogens (tertiary/aromatic N) is 4. The molecule has 136 valence electrons. The van der Waals surface area contributed by atoms with Crippen molar-refractivity contribution in [3.63, 3.8) is 0 Å². The molecule has 1 aliphatic heterocycles. The van der Waals surface area contributed by atoms with Crippen LogP contribution < -0.4 is 16.1 Å². The number of halogens is 1. The highest BCUT2D eigenvalue weighted by Gasteiger charge is 2.18. The maximum Gasteiger partial charge on any atom is 0.184 e. The second-order valence-electron chi connectivity index (χ2n) is 6.02. The lowest BCUT2D eigenvalue weighted by atomic mass is 10.2. The first kappa shape index (κ1) is 18.6. The second kappa shape index (κ2) is 8.93. The van der Waals surface area contributed by atoms with Gasteiger partial charge >= 0.3 is 0 Å². The number of aromatic nitrogens is 1. The molecule has 1 aromatic heterocycles. The van der Waals surface area contributed by atoms with Crippen LogP contribution in [0.2, 0.25) is 5.02 Å². The average Bonchev–Trinajstić information content (AvgIpc) is 2.64. The van der Waals surface area contributed by atoms with Crippen LogP contribution in [-0.4, -0.2) is 47.4 Å². The molecule has 0 amide bonds. The summed E-state index contributed by atoms with van der Waals surface area (Å²) in [6.07, 6.45) is 3.45. The summed E-state index contributed by atoms with van der Waals surface area (Å²) >= 11 is 11.1. The summed E-state index contributed by atoms with van der Waals surface area (Å²) in [5, 5.41) is 4.71. The van der Waals surface area contributed by atoms with E-state index in [0.717, 1.165) is 49.7 Å². The first-order valence-corrected chi connectivity index (χ1v) is 9.16. The van der Waals surface area contributed by atoms with E-state index < -0.39 is 0 Å². The van der Waals surface area contributed by atoms with E-state index in [9.17, 15) is 0 Å². The van der Waals surface area contributed by atoms with E-state index in [2.05, 4.69) is 37.4 Å². The molecule has 0 aliphatic carbocycles. The zero-order chi connectivity index (χ0) is 18.4. The average molecular weight is 389 g/mol. The van der Waals surface area contributed by atoms with Crippen LogP contribution in [0, 0.1) is 0 Å². The van der Waals surface area contributed by atoms with Crippen LogP contribution in [0.3, 0.4) is 0 Å². The molecule has 0 spiro atoms. The van der Waals surface area contributed by atoms with Gasteiger partial charge in [0.15, 0.2) is 5.11 Å². The van der Waals surface area contributed by atoms with Gasteiger partial charge in [-0.3, -0.25) is 15.3 Å². The lowest BCUT2D eigenvalue weighted by Crippen LogP contribution is -2.46. The fourth-order valence-corrected chi connectivity index (χ4v) is 3.14. The van der Waals surface area contributed by atoms with Gasteiger partial charge in [0.2, 0.25) is 0 Å². The summed E-state index contributed by atoms with van der Waals surface area (Å²) in [5.74, 6) is 0. The number of rotatable bonds is 5. The summed E-state index contributed by atoms with van der Waals surface area (Å²) in [6.45, 7) is 4.80. The molecule has 1 fully saturated rings. The highest BCUT2D eigenvalue weighted by molar-refractivity contribution is 7.80. The Morgan fingerprint density at radius 1 is 1.27 bits per heavy atom. The van der Waals surface area contributed by atoms with Crippen molar-refractivity contribution in [2.75, 3.05) is 31.1 Å². The van der Waals surface area contributed by atoms with Crippen LogP contribution in [0.4, 0.5) is 5.69 Å². The highest BCUT2D eigenvalue weighted by atomic mass is 35.5. The largest absolute Gasteiger partial charge is 0.375 e. The molecule has 0 saturated carbocycles. The molecule has 0 unspecified atom stereocenters. The Bertz CT molecular complexity index is 775. The number of hydrazone groups is 1. The number of nitrogens with two attached hydrogens (primary N) is 1. The Morgan fingerprint density at radius 2 is 2.08 bits per heavy atom. The number of benzene rings is 1. The van der Waals surface area contributed by atoms with Crippen molar-refractivity contribution in [2.24, 2.45) is 10.8 Å². The normalized spacial score (nSPS) is 15.3. The molecular weight excluding hydrogens is 368 g/mol. The van der Waals surface area contributed by atoms with Crippen molar-refractivity contribution in [2.45, 2.75) is 6.54 Å². The van der Waals surface area contributed by atoms with Crippen LogP contribution in [0.25, 0.3) is 0 Å². The maximum atomic E-state index is 6.37. The van der Waals surface area contributed by atoms with Gasteiger partial charge in [-0.2, -0.15) is 5.10 Å². The van der Waals surface area contributed by atoms with Crippen molar-refractivity contribution in [3.8, 4) is 0 Å². The van der Waals surface area contributed by atoms with Crippen LogP contribution in [0.1, 0.15) is 11.3 Å². The first-order valence-electron chi connectivity index (χ1n) is 8.37. The van der Waals surface area contributed by atoms with E-state index in [0.29, 0.717) is 5.02 Å². The van der Waals surface area contributed by atoms with Gasteiger partial charge in [-0.15, -0.1) is 0 Å². The lowest BCUT2D eigenvalue weighted by molar-refractivity contribution is 0.247. The topological polar surface area (TPSA) is 69.8 Å². The molecule has 6 nitrogen and oxygen atoms in total. The summed E-state index contributed by atoms with van der Waals surface area (Å²) < 4.78 is 0. The monoisotopic (exact) mass is 388 g/mol. The minimum absolute atomic E-state index is 0.123. The fraction of sp³-hybridized carbons (Fsp3) is 0.278. The number of piperazine rings is 1. The molecular formula is C18H21ClN6S. The predicted octanol–water partition coefficient (Wildman–Crippen LogP) is 2.22. The quantitative estimate of drug-likeness (QED) is 0.465. The van der Waals surface area contributed by atoms with Crippen LogP contribution in [0.5, 0.6) is 0 Å². The van der Waals surface area contributed by atoms with Gasteiger partial charge in [-0.25, -0.2) is 0 Å². The molecule has 2 heterocycles.